The van der Waals surface area contributed by atoms with Gasteiger partial charge in [-0.1, -0.05) is 12.2 Å². The molecular formula is C14H20N2. The molecule has 0 amide bonds. The molecule has 0 N–H and O–H groups in total. The van der Waals surface area contributed by atoms with Crippen LogP contribution in [-0.4, -0.2) is 30.0 Å². The predicted molar refractivity (Wildman–Crippen MR) is 68.4 cm³/mol. The molecule has 2 nitrogen and oxygen atoms in total. The molecule has 86 valence electrons. The fourth-order valence-electron chi connectivity index (χ4n) is 2.29. The zero-order chi connectivity index (χ0) is 11.4. The Balaban J connectivity index is 2.11. The van der Waals surface area contributed by atoms with Crippen LogP contribution in [0.3, 0.4) is 0 Å². The molecule has 1 aliphatic rings. The number of hydrogen-bond acceptors (Lipinski definition) is 2. The highest BCUT2D eigenvalue weighted by Gasteiger charge is 2.19. The molecule has 2 heterocycles. The van der Waals surface area contributed by atoms with Crippen molar-refractivity contribution >= 4 is 6.08 Å². The Bertz CT molecular complexity index is 363. The van der Waals surface area contributed by atoms with Gasteiger partial charge in [-0.15, -0.1) is 0 Å². The van der Waals surface area contributed by atoms with E-state index in [-0.39, 0.29) is 0 Å². The standard InChI is InChI=1S/C14H20N2/c1-3-4-12-5-8-15-14(11-12)13-6-9-16(2)10-7-13/h3-5,8,11,13H,6-7,9-10H2,1-2H3/b4-3-. The molecule has 16 heavy (non-hydrogen) atoms. The first-order chi connectivity index (χ1) is 7.79. The van der Waals surface area contributed by atoms with Gasteiger partial charge < -0.3 is 4.90 Å². The Morgan fingerprint density at radius 1 is 1.38 bits per heavy atom. The number of aromatic nitrogens is 1. The molecule has 0 radical (unpaired) electrons. The number of likely N-dealkylation sites (tertiary alicyclic amines) is 1. The lowest BCUT2D eigenvalue weighted by Gasteiger charge is -2.28. The molecule has 1 fully saturated rings. The van der Waals surface area contributed by atoms with Crippen LogP contribution in [0, 0.1) is 0 Å². The SMILES string of the molecule is C/C=C\c1ccnc(C2CCN(C)CC2)c1. The molecule has 1 aromatic rings. The summed E-state index contributed by atoms with van der Waals surface area (Å²) in [6.07, 6.45) is 8.63. The lowest BCUT2D eigenvalue weighted by Crippen LogP contribution is -2.29. The van der Waals surface area contributed by atoms with Crippen molar-refractivity contribution < 1.29 is 0 Å². The highest BCUT2D eigenvalue weighted by molar-refractivity contribution is 5.48. The summed E-state index contributed by atoms with van der Waals surface area (Å²) < 4.78 is 0. The van der Waals surface area contributed by atoms with Crippen LogP contribution in [0.5, 0.6) is 0 Å². The van der Waals surface area contributed by atoms with Crippen molar-refractivity contribution in [1.82, 2.24) is 9.88 Å². The third-order valence-electron chi connectivity index (χ3n) is 3.30. The largest absolute Gasteiger partial charge is 0.306 e. The molecule has 0 spiro atoms. The molecule has 0 bridgehead atoms. The average Bonchev–Trinajstić information content (AvgIpc) is 2.31. The van der Waals surface area contributed by atoms with Crippen molar-refractivity contribution in [2.45, 2.75) is 25.7 Å². The van der Waals surface area contributed by atoms with Crippen LogP contribution >= 0.6 is 0 Å². The molecule has 0 aliphatic carbocycles. The number of piperidine rings is 1. The number of nitrogens with zero attached hydrogens (tertiary/aromatic N) is 2. The van der Waals surface area contributed by atoms with Crippen molar-refractivity contribution in [2.24, 2.45) is 0 Å². The Kier molecular flexibility index (Phi) is 3.73. The van der Waals surface area contributed by atoms with Crippen LogP contribution < -0.4 is 0 Å². The molecule has 1 aliphatic heterocycles. The second kappa shape index (κ2) is 5.26. The van der Waals surface area contributed by atoms with E-state index in [2.05, 4.69) is 48.1 Å². The van der Waals surface area contributed by atoms with Gasteiger partial charge in [0.15, 0.2) is 0 Å². The second-order valence-corrected chi connectivity index (χ2v) is 4.59. The van der Waals surface area contributed by atoms with Crippen molar-refractivity contribution in [3.63, 3.8) is 0 Å². The number of hydrogen-bond donors (Lipinski definition) is 0. The van der Waals surface area contributed by atoms with Crippen LogP contribution in [-0.2, 0) is 0 Å². The van der Waals surface area contributed by atoms with E-state index in [1.165, 1.54) is 37.2 Å². The highest BCUT2D eigenvalue weighted by Crippen LogP contribution is 2.26. The summed E-state index contributed by atoms with van der Waals surface area (Å²) in [4.78, 5) is 6.91. The molecule has 0 aromatic carbocycles. The molecule has 2 heteroatoms. The minimum atomic E-state index is 0.654. The number of rotatable bonds is 2. The summed E-state index contributed by atoms with van der Waals surface area (Å²) in [5, 5.41) is 0. The van der Waals surface area contributed by atoms with E-state index >= 15 is 0 Å². The zero-order valence-electron chi connectivity index (χ0n) is 10.2. The van der Waals surface area contributed by atoms with E-state index in [4.69, 9.17) is 0 Å². The quantitative estimate of drug-likeness (QED) is 0.755. The van der Waals surface area contributed by atoms with Crippen LogP contribution in [0.4, 0.5) is 0 Å². The van der Waals surface area contributed by atoms with E-state index in [1.807, 2.05) is 6.20 Å². The first kappa shape index (κ1) is 11.3. The van der Waals surface area contributed by atoms with Gasteiger partial charge in [-0.25, -0.2) is 0 Å². The summed E-state index contributed by atoms with van der Waals surface area (Å²) in [6.45, 7) is 4.44. The monoisotopic (exact) mass is 216 g/mol. The van der Waals surface area contributed by atoms with E-state index in [1.54, 1.807) is 0 Å². The Labute approximate surface area is 98.0 Å². The maximum absolute atomic E-state index is 4.52. The lowest BCUT2D eigenvalue weighted by molar-refractivity contribution is 0.253. The molecule has 1 saturated heterocycles. The fourth-order valence-corrected chi connectivity index (χ4v) is 2.29. The van der Waals surface area contributed by atoms with E-state index in [0.29, 0.717) is 5.92 Å². The van der Waals surface area contributed by atoms with Gasteiger partial charge in [0.25, 0.3) is 0 Å². The Hall–Kier alpha value is -1.15. The normalized spacial score (nSPS) is 19.4. The first-order valence-corrected chi connectivity index (χ1v) is 6.07. The fraction of sp³-hybridized carbons (Fsp3) is 0.500. The van der Waals surface area contributed by atoms with Gasteiger partial charge >= 0.3 is 0 Å². The van der Waals surface area contributed by atoms with Crippen molar-refractivity contribution in [3.05, 3.63) is 35.7 Å². The number of pyridine rings is 1. The summed E-state index contributed by atoms with van der Waals surface area (Å²) in [6, 6.07) is 4.30. The van der Waals surface area contributed by atoms with Crippen LogP contribution in [0.15, 0.2) is 24.4 Å². The van der Waals surface area contributed by atoms with Crippen LogP contribution in [0.2, 0.25) is 0 Å². The van der Waals surface area contributed by atoms with Crippen LogP contribution in [0.25, 0.3) is 6.08 Å². The highest BCUT2D eigenvalue weighted by atomic mass is 15.1. The third-order valence-corrected chi connectivity index (χ3v) is 3.30. The summed E-state index contributed by atoms with van der Waals surface area (Å²) in [7, 11) is 2.19. The predicted octanol–water partition coefficient (Wildman–Crippen LogP) is 2.92. The minimum absolute atomic E-state index is 0.654. The summed E-state index contributed by atoms with van der Waals surface area (Å²) >= 11 is 0. The van der Waals surface area contributed by atoms with Crippen molar-refractivity contribution in [2.75, 3.05) is 20.1 Å². The molecule has 0 saturated carbocycles. The minimum Gasteiger partial charge on any atom is -0.306 e. The van der Waals surface area contributed by atoms with Gasteiger partial charge in [-0.05, 0) is 57.6 Å². The van der Waals surface area contributed by atoms with Gasteiger partial charge in [0.05, 0.1) is 0 Å². The summed E-state index contributed by atoms with van der Waals surface area (Å²) in [5.74, 6) is 0.654. The molecule has 2 rings (SSSR count). The van der Waals surface area contributed by atoms with Crippen molar-refractivity contribution in [1.29, 1.82) is 0 Å². The maximum atomic E-state index is 4.52. The molecule has 0 atom stereocenters. The van der Waals surface area contributed by atoms with E-state index in [0.717, 1.165) is 0 Å². The number of allylic oxidation sites excluding steroid dienone is 1. The molecular weight excluding hydrogens is 196 g/mol. The van der Waals surface area contributed by atoms with Gasteiger partial charge in [0.2, 0.25) is 0 Å². The van der Waals surface area contributed by atoms with Gasteiger partial charge in [-0.2, -0.15) is 0 Å². The zero-order valence-corrected chi connectivity index (χ0v) is 10.2. The van der Waals surface area contributed by atoms with Crippen LogP contribution in [0.1, 0.15) is 36.9 Å². The maximum Gasteiger partial charge on any atom is 0.0441 e. The Morgan fingerprint density at radius 3 is 2.81 bits per heavy atom. The average molecular weight is 216 g/mol. The first-order valence-electron chi connectivity index (χ1n) is 6.07. The van der Waals surface area contributed by atoms with E-state index < -0.39 is 0 Å². The molecule has 1 aromatic heterocycles. The smallest absolute Gasteiger partial charge is 0.0441 e. The van der Waals surface area contributed by atoms with Gasteiger partial charge in [-0.3, -0.25) is 4.98 Å². The van der Waals surface area contributed by atoms with Crippen molar-refractivity contribution in [3.8, 4) is 0 Å². The van der Waals surface area contributed by atoms with Gasteiger partial charge in [0, 0.05) is 17.8 Å². The second-order valence-electron chi connectivity index (χ2n) is 4.59. The third kappa shape index (κ3) is 2.70. The molecule has 0 unspecified atom stereocenters. The van der Waals surface area contributed by atoms with Gasteiger partial charge in [0.1, 0.15) is 0 Å². The summed E-state index contributed by atoms with van der Waals surface area (Å²) in [5.41, 5.74) is 2.54. The van der Waals surface area contributed by atoms with E-state index in [9.17, 15) is 0 Å². The lowest BCUT2D eigenvalue weighted by atomic mass is 9.92. The topological polar surface area (TPSA) is 16.1 Å². The Morgan fingerprint density at radius 2 is 2.12 bits per heavy atom.